The summed E-state index contributed by atoms with van der Waals surface area (Å²) in [5.41, 5.74) is 2.70. The molecule has 1 amide bonds. The molecule has 2 aromatic carbocycles. The average Bonchev–Trinajstić information content (AvgIpc) is 3.41. The first kappa shape index (κ1) is 23.1. The third kappa shape index (κ3) is 4.28. The van der Waals surface area contributed by atoms with Gasteiger partial charge in [-0.15, -0.1) is 0 Å². The number of Topliss-reactive ketones (excluding diaryl/α,β-unsaturated/α-hetero) is 1. The molecule has 1 N–H and O–H groups in total. The molecular formula is C28H23BrN2O4. The fourth-order valence-corrected chi connectivity index (χ4v) is 4.76. The van der Waals surface area contributed by atoms with Crippen LogP contribution in [0.25, 0.3) is 11.0 Å². The van der Waals surface area contributed by atoms with Crippen molar-refractivity contribution in [2.24, 2.45) is 0 Å². The summed E-state index contributed by atoms with van der Waals surface area (Å²) in [4.78, 5) is 32.8. The van der Waals surface area contributed by atoms with Crippen LogP contribution < -0.4 is 4.90 Å². The van der Waals surface area contributed by atoms with Gasteiger partial charge in [0.1, 0.15) is 11.6 Å². The minimum Gasteiger partial charge on any atom is -0.503 e. The summed E-state index contributed by atoms with van der Waals surface area (Å²) in [5, 5.41) is 11.7. The second kappa shape index (κ2) is 9.50. The van der Waals surface area contributed by atoms with Gasteiger partial charge in [0.15, 0.2) is 11.5 Å². The van der Waals surface area contributed by atoms with Gasteiger partial charge in [0, 0.05) is 21.7 Å². The van der Waals surface area contributed by atoms with Gasteiger partial charge in [0.25, 0.3) is 5.91 Å². The van der Waals surface area contributed by atoms with Gasteiger partial charge in [0.05, 0.1) is 11.3 Å². The van der Waals surface area contributed by atoms with E-state index in [-0.39, 0.29) is 11.3 Å². The van der Waals surface area contributed by atoms with Gasteiger partial charge in [-0.1, -0.05) is 47.5 Å². The molecule has 0 fully saturated rings. The highest BCUT2D eigenvalue weighted by atomic mass is 79.9. The van der Waals surface area contributed by atoms with Crippen molar-refractivity contribution in [2.75, 3.05) is 4.90 Å². The van der Waals surface area contributed by atoms with Crippen LogP contribution in [0.1, 0.15) is 47.6 Å². The first-order valence-electron chi connectivity index (χ1n) is 11.5. The Morgan fingerprint density at radius 3 is 2.63 bits per heavy atom. The number of unbranched alkanes of at least 4 members (excludes halogenated alkanes) is 1. The Morgan fingerprint density at radius 2 is 1.91 bits per heavy atom. The Bertz CT molecular complexity index is 1440. The minimum atomic E-state index is -0.891. The number of nitrogens with zero attached hydrogens (tertiary/aromatic N) is 2. The molecule has 1 atom stereocenters. The number of carbonyl (C=O) groups is 2. The quantitative estimate of drug-likeness (QED) is 0.268. The van der Waals surface area contributed by atoms with E-state index in [1.807, 2.05) is 36.4 Å². The SMILES string of the molecule is CCCCc1ccc(N2C(=O)C(O)=C(C(=O)c3cc4cc(Br)ccc4o3)C2c2ccccn2)cc1. The Kier molecular flexibility index (Phi) is 6.26. The number of ketones is 1. The third-order valence-corrected chi connectivity index (χ3v) is 6.65. The number of aliphatic hydroxyl groups is 1. The number of fused-ring (bicyclic) bond motifs is 1. The number of halogens is 1. The lowest BCUT2D eigenvalue weighted by molar-refractivity contribution is -0.117. The topological polar surface area (TPSA) is 83.6 Å². The molecule has 3 heterocycles. The molecule has 7 heteroatoms. The van der Waals surface area contributed by atoms with E-state index in [0.717, 1.165) is 29.1 Å². The van der Waals surface area contributed by atoms with Gasteiger partial charge >= 0.3 is 0 Å². The number of benzene rings is 2. The zero-order valence-electron chi connectivity index (χ0n) is 19.1. The molecule has 1 aliphatic heterocycles. The Labute approximate surface area is 211 Å². The number of anilines is 1. The van der Waals surface area contributed by atoms with Crippen molar-refractivity contribution in [1.29, 1.82) is 0 Å². The summed E-state index contributed by atoms with van der Waals surface area (Å²) in [5.74, 6) is -1.75. The average molecular weight is 531 g/mol. The molecule has 0 radical (unpaired) electrons. The van der Waals surface area contributed by atoms with Gasteiger partial charge < -0.3 is 9.52 Å². The first-order chi connectivity index (χ1) is 17.0. The summed E-state index contributed by atoms with van der Waals surface area (Å²) >= 11 is 3.42. The molecule has 4 aromatic rings. The van der Waals surface area contributed by atoms with Crippen molar-refractivity contribution in [3.8, 4) is 0 Å². The number of furan rings is 1. The van der Waals surface area contributed by atoms with Crippen LogP contribution in [0.2, 0.25) is 0 Å². The highest BCUT2D eigenvalue weighted by molar-refractivity contribution is 9.10. The van der Waals surface area contributed by atoms with Gasteiger partial charge in [-0.2, -0.15) is 0 Å². The van der Waals surface area contributed by atoms with Crippen molar-refractivity contribution in [3.63, 3.8) is 0 Å². The number of pyridine rings is 1. The van der Waals surface area contributed by atoms with E-state index in [1.54, 1.807) is 36.5 Å². The smallest absolute Gasteiger partial charge is 0.294 e. The number of aryl methyl sites for hydroxylation is 1. The van der Waals surface area contributed by atoms with Crippen molar-refractivity contribution >= 4 is 44.3 Å². The highest BCUT2D eigenvalue weighted by Gasteiger charge is 2.46. The van der Waals surface area contributed by atoms with Crippen LogP contribution in [0, 0.1) is 0 Å². The van der Waals surface area contributed by atoms with Crippen LogP contribution in [-0.4, -0.2) is 21.8 Å². The molecule has 35 heavy (non-hydrogen) atoms. The first-order valence-corrected chi connectivity index (χ1v) is 12.3. The number of aliphatic hydroxyl groups excluding tert-OH is 1. The van der Waals surface area contributed by atoms with Crippen LogP contribution in [0.15, 0.2) is 93.1 Å². The lowest BCUT2D eigenvalue weighted by Gasteiger charge is -2.26. The van der Waals surface area contributed by atoms with Gasteiger partial charge in [0.2, 0.25) is 5.78 Å². The van der Waals surface area contributed by atoms with Crippen molar-refractivity contribution in [1.82, 2.24) is 4.98 Å². The van der Waals surface area contributed by atoms with E-state index in [4.69, 9.17) is 4.42 Å². The van der Waals surface area contributed by atoms with E-state index in [2.05, 4.69) is 27.8 Å². The lowest BCUT2D eigenvalue weighted by atomic mass is 9.98. The van der Waals surface area contributed by atoms with Crippen LogP contribution in [0.4, 0.5) is 5.69 Å². The molecule has 1 unspecified atom stereocenters. The van der Waals surface area contributed by atoms with E-state index < -0.39 is 23.5 Å². The summed E-state index contributed by atoms with van der Waals surface area (Å²) in [6.07, 6.45) is 4.72. The Morgan fingerprint density at radius 1 is 1.11 bits per heavy atom. The fraction of sp³-hybridized carbons (Fsp3) is 0.179. The molecule has 0 saturated heterocycles. The molecule has 1 aliphatic rings. The van der Waals surface area contributed by atoms with Crippen molar-refractivity contribution in [2.45, 2.75) is 32.2 Å². The van der Waals surface area contributed by atoms with Gasteiger partial charge in [-0.25, -0.2) is 0 Å². The zero-order chi connectivity index (χ0) is 24.5. The molecule has 5 rings (SSSR count). The molecule has 2 aromatic heterocycles. The number of amides is 1. The fourth-order valence-electron chi connectivity index (χ4n) is 4.38. The summed E-state index contributed by atoms with van der Waals surface area (Å²) in [6, 6.07) is 19.1. The molecular weight excluding hydrogens is 508 g/mol. The number of hydrogen-bond acceptors (Lipinski definition) is 5. The lowest BCUT2D eigenvalue weighted by Crippen LogP contribution is -2.31. The largest absolute Gasteiger partial charge is 0.503 e. The second-order valence-corrected chi connectivity index (χ2v) is 9.40. The van der Waals surface area contributed by atoms with Crippen LogP contribution >= 0.6 is 15.9 Å². The standard InChI is InChI=1S/C28H23BrN2O4/c1-2-3-6-17-8-11-20(12-9-17)31-25(21-7-4-5-14-30-21)24(27(33)28(31)34)26(32)23-16-18-15-19(29)10-13-22(18)35-23/h4-5,7-16,25,33H,2-3,6H2,1H3. The molecule has 0 aliphatic carbocycles. The monoisotopic (exact) mass is 530 g/mol. The van der Waals surface area contributed by atoms with Gasteiger partial charge in [-0.05, 0) is 66.9 Å². The van der Waals surface area contributed by atoms with E-state index in [1.165, 1.54) is 10.5 Å². The number of aromatic nitrogens is 1. The van der Waals surface area contributed by atoms with Crippen LogP contribution in [-0.2, 0) is 11.2 Å². The minimum absolute atomic E-state index is 0.0464. The number of rotatable bonds is 7. The Hall–Kier alpha value is -3.71. The predicted octanol–water partition coefficient (Wildman–Crippen LogP) is 6.72. The van der Waals surface area contributed by atoms with Crippen molar-refractivity contribution in [3.05, 3.63) is 106 Å². The number of carbonyl (C=O) groups excluding carboxylic acids is 2. The Balaban J connectivity index is 1.58. The predicted molar refractivity (Wildman–Crippen MR) is 137 cm³/mol. The molecule has 0 bridgehead atoms. The molecule has 176 valence electrons. The molecule has 0 saturated carbocycles. The maximum Gasteiger partial charge on any atom is 0.294 e. The molecule has 0 spiro atoms. The van der Waals surface area contributed by atoms with E-state index >= 15 is 0 Å². The maximum atomic E-state index is 13.7. The zero-order valence-corrected chi connectivity index (χ0v) is 20.7. The summed E-state index contributed by atoms with van der Waals surface area (Å²) < 4.78 is 6.64. The third-order valence-electron chi connectivity index (χ3n) is 6.16. The maximum absolute atomic E-state index is 13.7. The molecule has 6 nitrogen and oxygen atoms in total. The number of hydrogen-bond donors (Lipinski definition) is 1. The second-order valence-electron chi connectivity index (χ2n) is 8.49. The summed E-state index contributed by atoms with van der Waals surface area (Å²) in [6.45, 7) is 2.14. The highest BCUT2D eigenvalue weighted by Crippen LogP contribution is 2.41. The normalized spacial score (nSPS) is 15.9. The van der Waals surface area contributed by atoms with Crippen LogP contribution in [0.3, 0.4) is 0 Å². The van der Waals surface area contributed by atoms with E-state index in [0.29, 0.717) is 17.0 Å². The van der Waals surface area contributed by atoms with Crippen molar-refractivity contribution < 1.29 is 19.1 Å². The van der Waals surface area contributed by atoms with Crippen LogP contribution in [0.5, 0.6) is 0 Å². The van der Waals surface area contributed by atoms with E-state index in [9.17, 15) is 14.7 Å². The van der Waals surface area contributed by atoms with Gasteiger partial charge in [-0.3, -0.25) is 19.5 Å². The summed E-state index contributed by atoms with van der Waals surface area (Å²) in [7, 11) is 0.